The zero-order chi connectivity index (χ0) is 27.6. The van der Waals surface area contributed by atoms with E-state index in [0.717, 1.165) is 15.4 Å². The Morgan fingerprint density at radius 2 is 1.82 bits per heavy atom. The quantitative estimate of drug-likeness (QED) is 0.172. The number of methoxy groups -OCH3 is 1. The molecule has 0 aliphatic heterocycles. The first-order valence-corrected chi connectivity index (χ1v) is 13.5. The molecular formula is C31H21BrClN3O4. The van der Waals surface area contributed by atoms with Crippen LogP contribution >= 0.6 is 27.5 Å². The number of fused-ring (bicyclic) bond motifs is 2. The standard InChI is InChI=1S/C31H21BrClN3O4/c1-38-28-14-19(10-12-27(28)39-18-20-6-2-4-8-24(20)33)17-34-36-30(35-25-9-5-3-7-23(25)31(36)37)29-16-21-15-22(32)11-13-26(21)40-29/h2-17H,18H2,1H3. The minimum Gasteiger partial charge on any atom is -0.493 e. The highest BCUT2D eigenvalue weighted by atomic mass is 79.9. The van der Waals surface area contributed by atoms with E-state index in [1.807, 2.05) is 60.7 Å². The van der Waals surface area contributed by atoms with Gasteiger partial charge in [0.15, 0.2) is 17.3 Å². The van der Waals surface area contributed by atoms with Crippen LogP contribution in [0.2, 0.25) is 5.02 Å². The maximum atomic E-state index is 13.5. The van der Waals surface area contributed by atoms with Crippen LogP contribution in [0.3, 0.4) is 0 Å². The van der Waals surface area contributed by atoms with Gasteiger partial charge in [-0.3, -0.25) is 4.79 Å². The number of furan rings is 1. The molecule has 0 atom stereocenters. The summed E-state index contributed by atoms with van der Waals surface area (Å²) in [6.45, 7) is 0.291. The molecule has 6 rings (SSSR count). The molecular weight excluding hydrogens is 594 g/mol. The van der Waals surface area contributed by atoms with Crippen molar-refractivity contribution in [3.05, 3.63) is 122 Å². The topological polar surface area (TPSA) is 78.9 Å². The number of halogens is 2. The van der Waals surface area contributed by atoms with Crippen molar-refractivity contribution in [3.8, 4) is 23.1 Å². The van der Waals surface area contributed by atoms with Crippen molar-refractivity contribution in [2.75, 3.05) is 7.11 Å². The molecule has 6 aromatic rings. The van der Waals surface area contributed by atoms with E-state index in [1.54, 1.807) is 43.7 Å². The molecule has 0 spiro atoms. The van der Waals surface area contributed by atoms with Gasteiger partial charge in [0.1, 0.15) is 12.2 Å². The minimum absolute atomic E-state index is 0.291. The molecule has 0 saturated heterocycles. The van der Waals surface area contributed by atoms with Gasteiger partial charge in [0, 0.05) is 20.4 Å². The molecule has 0 unspecified atom stereocenters. The van der Waals surface area contributed by atoms with E-state index < -0.39 is 0 Å². The van der Waals surface area contributed by atoms with Gasteiger partial charge < -0.3 is 13.9 Å². The smallest absolute Gasteiger partial charge is 0.282 e. The van der Waals surface area contributed by atoms with E-state index in [9.17, 15) is 4.79 Å². The maximum Gasteiger partial charge on any atom is 0.282 e. The molecule has 9 heteroatoms. The second kappa shape index (κ2) is 11.0. The van der Waals surface area contributed by atoms with Crippen molar-refractivity contribution >= 4 is 55.6 Å². The summed E-state index contributed by atoms with van der Waals surface area (Å²) in [5.74, 6) is 1.79. The van der Waals surface area contributed by atoms with Crippen molar-refractivity contribution in [1.82, 2.24) is 9.66 Å². The summed E-state index contributed by atoms with van der Waals surface area (Å²) < 4.78 is 19.8. The van der Waals surface area contributed by atoms with Gasteiger partial charge in [0.2, 0.25) is 5.82 Å². The molecule has 0 saturated carbocycles. The van der Waals surface area contributed by atoms with Gasteiger partial charge in [0.25, 0.3) is 5.56 Å². The third-order valence-electron chi connectivity index (χ3n) is 6.30. The van der Waals surface area contributed by atoms with Crippen molar-refractivity contribution in [2.45, 2.75) is 6.61 Å². The lowest BCUT2D eigenvalue weighted by molar-refractivity contribution is 0.284. The third kappa shape index (κ3) is 5.11. The summed E-state index contributed by atoms with van der Waals surface area (Å²) >= 11 is 9.74. The number of benzene rings is 4. The predicted molar refractivity (Wildman–Crippen MR) is 161 cm³/mol. The van der Waals surface area contributed by atoms with Crippen LogP contribution in [-0.4, -0.2) is 23.0 Å². The van der Waals surface area contributed by atoms with Crippen LogP contribution in [0.1, 0.15) is 11.1 Å². The van der Waals surface area contributed by atoms with Gasteiger partial charge in [0.05, 0.1) is 24.2 Å². The van der Waals surface area contributed by atoms with Crippen molar-refractivity contribution in [3.63, 3.8) is 0 Å². The van der Waals surface area contributed by atoms with Crippen molar-refractivity contribution in [2.24, 2.45) is 5.10 Å². The highest BCUT2D eigenvalue weighted by molar-refractivity contribution is 9.10. The number of ether oxygens (including phenoxy) is 2. The first-order valence-electron chi connectivity index (χ1n) is 12.3. The second-order valence-corrected chi connectivity index (χ2v) is 10.2. The van der Waals surface area contributed by atoms with Gasteiger partial charge in [-0.2, -0.15) is 9.78 Å². The van der Waals surface area contributed by atoms with Crippen LogP contribution in [0.15, 0.2) is 110 Å². The maximum absolute atomic E-state index is 13.5. The van der Waals surface area contributed by atoms with E-state index in [4.69, 9.17) is 30.5 Å². The average molecular weight is 615 g/mol. The first-order chi connectivity index (χ1) is 19.5. The van der Waals surface area contributed by atoms with E-state index in [2.05, 4.69) is 21.0 Å². The lowest BCUT2D eigenvalue weighted by atomic mass is 10.2. The lowest BCUT2D eigenvalue weighted by Gasteiger charge is -2.12. The van der Waals surface area contributed by atoms with Crippen molar-refractivity contribution < 1.29 is 13.9 Å². The highest BCUT2D eigenvalue weighted by Crippen LogP contribution is 2.31. The Bertz CT molecular complexity index is 1960. The summed E-state index contributed by atoms with van der Waals surface area (Å²) in [6, 6.07) is 27.6. The molecule has 2 heterocycles. The molecule has 0 amide bonds. The van der Waals surface area contributed by atoms with Crippen LogP contribution in [-0.2, 0) is 6.61 Å². The predicted octanol–water partition coefficient (Wildman–Crippen LogP) is 7.70. The number of para-hydroxylation sites is 1. The fourth-order valence-corrected chi connectivity index (χ4v) is 4.86. The first kappa shape index (κ1) is 25.9. The van der Waals surface area contributed by atoms with Crippen LogP contribution < -0.4 is 15.0 Å². The zero-order valence-corrected chi connectivity index (χ0v) is 23.5. The van der Waals surface area contributed by atoms with Gasteiger partial charge in [-0.1, -0.05) is 57.9 Å². The highest BCUT2D eigenvalue weighted by Gasteiger charge is 2.17. The summed E-state index contributed by atoms with van der Waals surface area (Å²) in [6.07, 6.45) is 1.57. The average Bonchev–Trinajstić information content (AvgIpc) is 3.39. The van der Waals surface area contributed by atoms with Crippen LogP contribution in [0.4, 0.5) is 0 Å². The second-order valence-electron chi connectivity index (χ2n) is 8.90. The number of hydrogen-bond acceptors (Lipinski definition) is 6. The van der Waals surface area contributed by atoms with Gasteiger partial charge in [-0.25, -0.2) is 4.98 Å². The fourth-order valence-electron chi connectivity index (χ4n) is 4.29. The molecule has 0 N–H and O–H groups in total. The monoisotopic (exact) mass is 613 g/mol. The van der Waals surface area contributed by atoms with E-state index in [-0.39, 0.29) is 5.56 Å². The molecule has 40 heavy (non-hydrogen) atoms. The Hall–Kier alpha value is -4.40. The van der Waals surface area contributed by atoms with Gasteiger partial charge in [-0.05, 0) is 66.2 Å². The van der Waals surface area contributed by atoms with E-state index >= 15 is 0 Å². The van der Waals surface area contributed by atoms with Gasteiger partial charge in [-0.15, -0.1) is 0 Å². The van der Waals surface area contributed by atoms with Crippen LogP contribution in [0.25, 0.3) is 33.5 Å². The molecule has 7 nitrogen and oxygen atoms in total. The van der Waals surface area contributed by atoms with E-state index in [1.165, 1.54) is 4.68 Å². The SMILES string of the molecule is COc1cc(C=Nn2c(-c3cc4cc(Br)ccc4o3)nc3ccccc3c2=O)ccc1OCc1ccccc1Cl. The number of nitrogens with zero attached hydrogens (tertiary/aromatic N) is 3. The lowest BCUT2D eigenvalue weighted by Crippen LogP contribution is -2.20. The number of aromatic nitrogens is 2. The Kier molecular flexibility index (Phi) is 7.11. The number of rotatable bonds is 7. The molecule has 198 valence electrons. The number of hydrogen-bond donors (Lipinski definition) is 0. The van der Waals surface area contributed by atoms with Crippen LogP contribution in [0, 0.1) is 0 Å². The summed E-state index contributed by atoms with van der Waals surface area (Å²) in [7, 11) is 1.56. The fraction of sp³-hybridized carbons (Fsp3) is 0.0645. The summed E-state index contributed by atoms with van der Waals surface area (Å²) in [5, 5.41) is 6.49. The molecule has 0 fully saturated rings. The Balaban J connectivity index is 1.37. The summed E-state index contributed by atoms with van der Waals surface area (Å²) in [5.41, 5.74) is 2.47. The molecule has 2 aromatic heterocycles. The Labute approximate surface area is 242 Å². The van der Waals surface area contributed by atoms with E-state index in [0.29, 0.717) is 56.8 Å². The van der Waals surface area contributed by atoms with Crippen LogP contribution in [0.5, 0.6) is 11.5 Å². The third-order valence-corrected chi connectivity index (χ3v) is 7.17. The summed E-state index contributed by atoms with van der Waals surface area (Å²) in [4.78, 5) is 18.3. The molecule has 0 radical (unpaired) electrons. The molecule has 4 aromatic carbocycles. The van der Waals surface area contributed by atoms with Crippen molar-refractivity contribution in [1.29, 1.82) is 0 Å². The normalized spacial score (nSPS) is 11.5. The zero-order valence-electron chi connectivity index (χ0n) is 21.2. The molecule has 0 aliphatic carbocycles. The van der Waals surface area contributed by atoms with Gasteiger partial charge >= 0.3 is 0 Å². The minimum atomic E-state index is -0.315. The largest absolute Gasteiger partial charge is 0.493 e. The molecule has 0 bridgehead atoms. The Morgan fingerprint density at radius 1 is 1.00 bits per heavy atom. The Morgan fingerprint density at radius 3 is 2.67 bits per heavy atom. The molecule has 0 aliphatic rings.